The smallest absolute Gasteiger partial charge is 0.243 e. The third kappa shape index (κ3) is 3.63. The Bertz CT molecular complexity index is 903. The highest BCUT2D eigenvalue weighted by molar-refractivity contribution is 7.89. The topological polar surface area (TPSA) is 74.8 Å². The molecule has 2 aliphatic heterocycles. The molecule has 0 radical (unpaired) electrons. The van der Waals surface area contributed by atoms with Gasteiger partial charge in [0.2, 0.25) is 21.8 Å². The second-order valence-electron chi connectivity index (χ2n) is 8.82. The third-order valence-electron chi connectivity index (χ3n) is 6.85. The van der Waals surface area contributed by atoms with Crippen LogP contribution in [0.15, 0.2) is 23.1 Å². The SMILES string of the molecule is Cc1ccc(CN2C(=O)[C@H]3CCCC[C@H]3C2=O)cc1S(=O)(=O)N1CCCC[C@H]1C. The standard InChI is InChI=1S/C22H30N2O4S/c1-15-10-11-17(13-20(15)29(27,28)24-12-6-5-7-16(24)2)14-23-21(25)18-8-3-4-9-19(18)22(23)26/h10-11,13,16,18-19H,3-9,12,14H2,1-2H3/t16-,18-,19+/m1/s1. The van der Waals surface area contributed by atoms with Crippen LogP contribution in [0.2, 0.25) is 0 Å². The Balaban J connectivity index is 1.60. The van der Waals surface area contributed by atoms with Gasteiger partial charge >= 0.3 is 0 Å². The average molecular weight is 419 g/mol. The molecule has 0 spiro atoms. The van der Waals surface area contributed by atoms with E-state index in [0.29, 0.717) is 22.6 Å². The molecule has 3 aliphatic rings. The molecule has 6 nitrogen and oxygen atoms in total. The number of nitrogens with zero attached hydrogens (tertiary/aromatic N) is 2. The molecule has 29 heavy (non-hydrogen) atoms. The first-order valence-electron chi connectivity index (χ1n) is 10.8. The van der Waals surface area contributed by atoms with Gasteiger partial charge in [-0.05, 0) is 56.7 Å². The molecule has 158 valence electrons. The number of piperidine rings is 1. The van der Waals surface area contributed by atoms with E-state index < -0.39 is 10.0 Å². The van der Waals surface area contributed by atoms with Crippen molar-refractivity contribution in [2.75, 3.05) is 6.54 Å². The minimum Gasteiger partial charge on any atom is -0.278 e. The van der Waals surface area contributed by atoms with E-state index in [2.05, 4.69) is 0 Å². The van der Waals surface area contributed by atoms with Gasteiger partial charge in [0.05, 0.1) is 23.3 Å². The Morgan fingerprint density at radius 1 is 0.966 bits per heavy atom. The van der Waals surface area contributed by atoms with Gasteiger partial charge in [0.15, 0.2) is 0 Å². The van der Waals surface area contributed by atoms with Gasteiger partial charge in [-0.3, -0.25) is 14.5 Å². The highest BCUT2D eigenvalue weighted by atomic mass is 32.2. The first-order valence-corrected chi connectivity index (χ1v) is 12.2. The predicted octanol–water partition coefficient (Wildman–Crippen LogP) is 3.23. The number of rotatable bonds is 4. The van der Waals surface area contributed by atoms with Crippen molar-refractivity contribution in [3.63, 3.8) is 0 Å². The maximum Gasteiger partial charge on any atom is 0.243 e. The molecule has 4 rings (SSSR count). The van der Waals surface area contributed by atoms with Gasteiger partial charge in [0.25, 0.3) is 0 Å². The zero-order valence-corrected chi connectivity index (χ0v) is 18.1. The van der Waals surface area contributed by atoms with Crippen molar-refractivity contribution >= 4 is 21.8 Å². The summed E-state index contributed by atoms with van der Waals surface area (Å²) in [5, 5.41) is 0. The lowest BCUT2D eigenvalue weighted by Crippen LogP contribution is -2.42. The van der Waals surface area contributed by atoms with Gasteiger partial charge in [0.1, 0.15) is 0 Å². The molecule has 1 aromatic rings. The van der Waals surface area contributed by atoms with E-state index in [4.69, 9.17) is 0 Å². The molecule has 0 N–H and O–H groups in total. The first-order chi connectivity index (χ1) is 13.8. The number of likely N-dealkylation sites (tertiary alicyclic amines) is 1. The number of carbonyl (C=O) groups excluding carboxylic acids is 2. The summed E-state index contributed by atoms with van der Waals surface area (Å²) in [6.07, 6.45) is 6.36. The number of fused-ring (bicyclic) bond motifs is 1. The lowest BCUT2D eigenvalue weighted by atomic mass is 9.81. The van der Waals surface area contributed by atoms with Crippen molar-refractivity contribution in [3.8, 4) is 0 Å². The fraction of sp³-hybridized carbons (Fsp3) is 0.636. The van der Waals surface area contributed by atoms with Crippen LogP contribution < -0.4 is 0 Å². The molecule has 3 atom stereocenters. The zero-order valence-electron chi connectivity index (χ0n) is 17.3. The number of benzene rings is 1. The number of imide groups is 1. The van der Waals surface area contributed by atoms with Gasteiger partial charge in [-0.15, -0.1) is 0 Å². The number of hydrogen-bond donors (Lipinski definition) is 0. The number of hydrogen-bond acceptors (Lipinski definition) is 4. The molecule has 2 amide bonds. The second-order valence-corrected chi connectivity index (χ2v) is 10.7. The molecular weight excluding hydrogens is 388 g/mol. The summed E-state index contributed by atoms with van der Waals surface area (Å²) in [6, 6.07) is 5.27. The molecule has 0 bridgehead atoms. The van der Waals surface area contributed by atoms with Crippen LogP contribution >= 0.6 is 0 Å². The Morgan fingerprint density at radius 3 is 2.21 bits per heavy atom. The maximum absolute atomic E-state index is 13.3. The predicted molar refractivity (Wildman–Crippen MR) is 109 cm³/mol. The molecule has 1 aliphatic carbocycles. The minimum atomic E-state index is -3.60. The first kappa shape index (κ1) is 20.5. The molecule has 3 fully saturated rings. The van der Waals surface area contributed by atoms with Gasteiger partial charge in [-0.1, -0.05) is 31.4 Å². The summed E-state index contributed by atoms with van der Waals surface area (Å²) in [5.41, 5.74) is 1.39. The Hall–Kier alpha value is -1.73. The van der Waals surface area contributed by atoms with Crippen LogP contribution in [-0.4, -0.2) is 42.0 Å². The molecular formula is C22H30N2O4S. The van der Waals surface area contributed by atoms with Gasteiger partial charge in [0, 0.05) is 12.6 Å². The van der Waals surface area contributed by atoms with Crippen LogP contribution in [-0.2, 0) is 26.2 Å². The van der Waals surface area contributed by atoms with Crippen molar-refractivity contribution in [2.24, 2.45) is 11.8 Å². The fourth-order valence-electron chi connectivity index (χ4n) is 5.15. The lowest BCUT2D eigenvalue weighted by Gasteiger charge is -2.32. The number of sulfonamides is 1. The fourth-order valence-corrected chi connectivity index (χ4v) is 7.12. The van der Waals surface area contributed by atoms with E-state index in [9.17, 15) is 18.0 Å². The maximum atomic E-state index is 13.3. The molecule has 0 unspecified atom stereocenters. The quantitative estimate of drug-likeness (QED) is 0.704. The lowest BCUT2D eigenvalue weighted by molar-refractivity contribution is -0.140. The summed E-state index contributed by atoms with van der Waals surface area (Å²) in [4.78, 5) is 27.2. The van der Waals surface area contributed by atoms with Crippen LogP contribution in [0, 0.1) is 18.8 Å². The van der Waals surface area contributed by atoms with Crippen LogP contribution in [0.25, 0.3) is 0 Å². The van der Waals surface area contributed by atoms with Crippen molar-refractivity contribution in [3.05, 3.63) is 29.3 Å². The Morgan fingerprint density at radius 2 is 1.59 bits per heavy atom. The summed E-state index contributed by atoms with van der Waals surface area (Å²) < 4.78 is 28.2. The Labute approximate surface area is 173 Å². The summed E-state index contributed by atoms with van der Waals surface area (Å²) in [7, 11) is -3.60. The second kappa shape index (κ2) is 7.84. The summed E-state index contributed by atoms with van der Waals surface area (Å²) >= 11 is 0. The van der Waals surface area contributed by atoms with E-state index in [1.165, 1.54) is 4.90 Å². The molecule has 7 heteroatoms. The minimum absolute atomic E-state index is 0.0123. The summed E-state index contributed by atoms with van der Waals surface area (Å²) in [5.74, 6) is -0.540. The molecule has 1 aromatic carbocycles. The van der Waals surface area contributed by atoms with E-state index in [-0.39, 0.29) is 36.2 Å². The van der Waals surface area contributed by atoms with Crippen LogP contribution in [0.3, 0.4) is 0 Å². The molecule has 2 saturated heterocycles. The molecule has 0 aromatic heterocycles. The zero-order chi connectivity index (χ0) is 20.8. The Kier molecular flexibility index (Phi) is 5.55. The summed E-state index contributed by atoms with van der Waals surface area (Å²) in [6.45, 7) is 4.45. The van der Waals surface area contributed by atoms with Crippen LogP contribution in [0.4, 0.5) is 0 Å². The van der Waals surface area contributed by atoms with Crippen molar-refractivity contribution in [2.45, 2.75) is 76.3 Å². The number of aryl methyl sites for hydroxylation is 1. The van der Waals surface area contributed by atoms with E-state index in [1.54, 1.807) is 23.4 Å². The van der Waals surface area contributed by atoms with Gasteiger partial charge in [-0.25, -0.2) is 8.42 Å². The highest BCUT2D eigenvalue weighted by Gasteiger charge is 2.48. The van der Waals surface area contributed by atoms with Crippen molar-refractivity contribution < 1.29 is 18.0 Å². The van der Waals surface area contributed by atoms with Crippen molar-refractivity contribution in [1.29, 1.82) is 0 Å². The number of amides is 2. The third-order valence-corrected chi connectivity index (χ3v) is 9.01. The van der Waals surface area contributed by atoms with Crippen LogP contribution in [0.1, 0.15) is 63.0 Å². The van der Waals surface area contributed by atoms with Crippen LogP contribution in [0.5, 0.6) is 0 Å². The molecule has 2 heterocycles. The number of carbonyl (C=O) groups is 2. The van der Waals surface area contributed by atoms with E-state index in [0.717, 1.165) is 44.9 Å². The van der Waals surface area contributed by atoms with Gasteiger partial charge in [-0.2, -0.15) is 4.31 Å². The monoisotopic (exact) mass is 418 g/mol. The highest BCUT2D eigenvalue weighted by Crippen LogP contribution is 2.39. The van der Waals surface area contributed by atoms with E-state index in [1.807, 2.05) is 13.0 Å². The normalized spacial score (nSPS) is 28.6. The van der Waals surface area contributed by atoms with Gasteiger partial charge < -0.3 is 0 Å². The molecule has 1 saturated carbocycles. The van der Waals surface area contributed by atoms with Crippen molar-refractivity contribution in [1.82, 2.24) is 9.21 Å². The largest absolute Gasteiger partial charge is 0.278 e. The average Bonchev–Trinajstić information content (AvgIpc) is 2.94. The van der Waals surface area contributed by atoms with E-state index >= 15 is 0 Å².